The fraction of sp³-hybridized carbons (Fsp3) is 0.333. The van der Waals surface area contributed by atoms with Crippen molar-refractivity contribution in [2.24, 2.45) is 0 Å². The van der Waals surface area contributed by atoms with Crippen LogP contribution in [0.3, 0.4) is 0 Å². The Morgan fingerprint density at radius 1 is 0.938 bits per heavy atom. The Hall–Kier alpha value is -1.84. The van der Waals surface area contributed by atoms with E-state index in [4.69, 9.17) is 18.6 Å². The number of furan rings is 1. The molecule has 0 atom stereocenters. The number of hydrogen-bond donors (Lipinski definition) is 0. The van der Waals surface area contributed by atoms with Crippen LogP contribution in [0.2, 0.25) is 0 Å². The van der Waals surface area contributed by atoms with E-state index < -0.39 is 0 Å². The zero-order chi connectivity index (χ0) is 11.7. The molecule has 4 heteroatoms. The molecule has 1 aromatic carbocycles. The molecule has 0 bridgehead atoms. The minimum Gasteiger partial charge on any atom is -0.493 e. The summed E-state index contributed by atoms with van der Waals surface area (Å²) in [6, 6.07) is 3.71. The molecule has 86 valence electrons. The number of hydrogen-bond acceptors (Lipinski definition) is 4. The second-order valence-corrected chi connectivity index (χ2v) is 3.41. The number of fused-ring (bicyclic) bond motifs is 1. The minimum atomic E-state index is 0.582. The molecule has 1 heterocycles. The van der Waals surface area contributed by atoms with Gasteiger partial charge in [-0.25, -0.2) is 0 Å². The smallest absolute Gasteiger partial charge is 0.204 e. The van der Waals surface area contributed by atoms with Gasteiger partial charge in [-0.2, -0.15) is 0 Å². The van der Waals surface area contributed by atoms with Crippen LogP contribution in [0.15, 0.2) is 16.5 Å². The van der Waals surface area contributed by atoms with Crippen molar-refractivity contribution in [3.63, 3.8) is 0 Å². The fourth-order valence-electron chi connectivity index (χ4n) is 1.78. The van der Waals surface area contributed by atoms with Gasteiger partial charge in [-0.3, -0.25) is 0 Å². The summed E-state index contributed by atoms with van der Waals surface area (Å²) in [5.41, 5.74) is 0.729. The van der Waals surface area contributed by atoms with E-state index in [9.17, 15) is 0 Å². The van der Waals surface area contributed by atoms with Gasteiger partial charge < -0.3 is 18.6 Å². The molecule has 1 aromatic heterocycles. The summed E-state index contributed by atoms with van der Waals surface area (Å²) in [6.45, 7) is 1.89. The molecular weight excluding hydrogens is 208 g/mol. The third-order valence-electron chi connectivity index (χ3n) is 2.45. The monoisotopic (exact) mass is 222 g/mol. The number of methoxy groups -OCH3 is 3. The Labute approximate surface area is 93.7 Å². The Kier molecular flexibility index (Phi) is 2.64. The van der Waals surface area contributed by atoms with Crippen molar-refractivity contribution < 1.29 is 18.6 Å². The summed E-state index contributed by atoms with van der Waals surface area (Å²) in [7, 11) is 4.76. The molecule has 0 aliphatic rings. The van der Waals surface area contributed by atoms with Crippen LogP contribution in [-0.2, 0) is 0 Å². The number of aryl methyl sites for hydroxylation is 1. The number of rotatable bonds is 3. The van der Waals surface area contributed by atoms with Crippen LogP contribution in [0.5, 0.6) is 17.2 Å². The summed E-state index contributed by atoms with van der Waals surface area (Å²) in [5.74, 6) is 2.64. The van der Waals surface area contributed by atoms with Crippen molar-refractivity contribution in [2.75, 3.05) is 21.3 Å². The van der Waals surface area contributed by atoms with E-state index in [-0.39, 0.29) is 0 Å². The van der Waals surface area contributed by atoms with Gasteiger partial charge in [-0.1, -0.05) is 0 Å². The maximum absolute atomic E-state index is 5.54. The van der Waals surface area contributed by atoms with Crippen molar-refractivity contribution >= 4 is 11.0 Å². The van der Waals surface area contributed by atoms with Gasteiger partial charge in [0.2, 0.25) is 5.75 Å². The highest BCUT2D eigenvalue weighted by Crippen LogP contribution is 2.44. The summed E-state index contributed by atoms with van der Waals surface area (Å²) >= 11 is 0. The highest BCUT2D eigenvalue weighted by molar-refractivity contribution is 5.90. The zero-order valence-electron chi connectivity index (χ0n) is 9.79. The van der Waals surface area contributed by atoms with E-state index in [1.807, 2.05) is 13.0 Å². The van der Waals surface area contributed by atoms with Crippen molar-refractivity contribution in [3.05, 3.63) is 17.9 Å². The molecule has 0 fully saturated rings. The van der Waals surface area contributed by atoms with Crippen LogP contribution < -0.4 is 14.2 Å². The third-order valence-corrected chi connectivity index (χ3v) is 2.45. The molecular formula is C12H14O4. The normalized spacial score (nSPS) is 10.5. The fourth-order valence-corrected chi connectivity index (χ4v) is 1.78. The molecule has 0 radical (unpaired) electrons. The average molecular weight is 222 g/mol. The second kappa shape index (κ2) is 3.96. The third kappa shape index (κ3) is 1.46. The van der Waals surface area contributed by atoms with E-state index >= 15 is 0 Å². The van der Waals surface area contributed by atoms with Crippen molar-refractivity contribution in [3.8, 4) is 17.2 Å². The SMILES string of the molecule is COc1cc2oc(C)cc2c(OC)c1OC. The standard InChI is InChI=1S/C12H14O4/c1-7-5-8-9(16-7)6-10(13-2)12(15-4)11(8)14-3/h5-6H,1-4H3. The van der Waals surface area contributed by atoms with Gasteiger partial charge in [0.05, 0.1) is 26.7 Å². The first-order chi connectivity index (χ1) is 7.71. The van der Waals surface area contributed by atoms with Crippen LogP contribution in [0.1, 0.15) is 5.76 Å². The highest BCUT2D eigenvalue weighted by atomic mass is 16.5. The molecule has 0 spiro atoms. The number of ether oxygens (including phenoxy) is 3. The molecule has 16 heavy (non-hydrogen) atoms. The minimum absolute atomic E-state index is 0.582. The van der Waals surface area contributed by atoms with Crippen LogP contribution >= 0.6 is 0 Å². The molecule has 0 N–H and O–H groups in total. The van der Waals surface area contributed by atoms with Gasteiger partial charge in [0, 0.05) is 6.07 Å². The van der Waals surface area contributed by atoms with Crippen molar-refractivity contribution in [1.82, 2.24) is 0 Å². The lowest BCUT2D eigenvalue weighted by atomic mass is 10.2. The van der Waals surface area contributed by atoms with Crippen molar-refractivity contribution in [2.45, 2.75) is 6.92 Å². The Balaban J connectivity index is 2.81. The quantitative estimate of drug-likeness (QED) is 0.800. The van der Waals surface area contributed by atoms with Gasteiger partial charge in [0.15, 0.2) is 11.5 Å². The summed E-state index contributed by atoms with van der Waals surface area (Å²) in [4.78, 5) is 0. The van der Waals surface area contributed by atoms with Crippen molar-refractivity contribution in [1.29, 1.82) is 0 Å². The maximum atomic E-state index is 5.54. The molecule has 0 aliphatic heterocycles. The molecule has 4 nitrogen and oxygen atoms in total. The largest absolute Gasteiger partial charge is 0.493 e. The summed E-state index contributed by atoms with van der Waals surface area (Å²) < 4.78 is 21.4. The zero-order valence-corrected chi connectivity index (χ0v) is 9.79. The lowest BCUT2D eigenvalue weighted by molar-refractivity contribution is 0.326. The van der Waals surface area contributed by atoms with E-state index in [0.717, 1.165) is 16.7 Å². The lowest BCUT2D eigenvalue weighted by Gasteiger charge is -2.12. The van der Waals surface area contributed by atoms with Gasteiger partial charge in [-0.15, -0.1) is 0 Å². The van der Waals surface area contributed by atoms with E-state index in [0.29, 0.717) is 17.2 Å². The topological polar surface area (TPSA) is 40.8 Å². The predicted molar refractivity (Wildman–Crippen MR) is 60.6 cm³/mol. The first-order valence-corrected chi connectivity index (χ1v) is 4.90. The Morgan fingerprint density at radius 3 is 2.19 bits per heavy atom. The summed E-state index contributed by atoms with van der Waals surface area (Å²) in [5, 5.41) is 0.887. The van der Waals surface area contributed by atoms with Crippen LogP contribution in [0, 0.1) is 6.92 Å². The van der Waals surface area contributed by atoms with E-state index in [2.05, 4.69) is 0 Å². The van der Waals surface area contributed by atoms with Gasteiger partial charge in [0.25, 0.3) is 0 Å². The Bertz CT molecular complexity index is 513. The van der Waals surface area contributed by atoms with Crippen LogP contribution in [0.4, 0.5) is 0 Å². The van der Waals surface area contributed by atoms with E-state index in [1.165, 1.54) is 0 Å². The molecule has 0 saturated heterocycles. The average Bonchev–Trinajstić information content (AvgIpc) is 2.66. The number of benzene rings is 1. The first kappa shape index (κ1) is 10.7. The highest BCUT2D eigenvalue weighted by Gasteiger charge is 2.18. The molecule has 2 aromatic rings. The Morgan fingerprint density at radius 2 is 1.62 bits per heavy atom. The molecule has 0 unspecified atom stereocenters. The van der Waals surface area contributed by atoms with Gasteiger partial charge in [0.1, 0.15) is 11.3 Å². The van der Waals surface area contributed by atoms with Crippen LogP contribution in [-0.4, -0.2) is 21.3 Å². The molecule has 2 rings (SSSR count). The maximum Gasteiger partial charge on any atom is 0.204 e. The summed E-state index contributed by atoms with van der Waals surface area (Å²) in [6.07, 6.45) is 0. The second-order valence-electron chi connectivity index (χ2n) is 3.41. The van der Waals surface area contributed by atoms with Crippen LogP contribution in [0.25, 0.3) is 11.0 Å². The molecule has 0 aliphatic carbocycles. The van der Waals surface area contributed by atoms with E-state index in [1.54, 1.807) is 27.4 Å². The first-order valence-electron chi connectivity index (χ1n) is 4.90. The van der Waals surface area contributed by atoms with Gasteiger partial charge >= 0.3 is 0 Å². The molecule has 0 saturated carbocycles. The predicted octanol–water partition coefficient (Wildman–Crippen LogP) is 2.77. The lowest BCUT2D eigenvalue weighted by Crippen LogP contribution is -1.94. The molecule has 0 amide bonds. The van der Waals surface area contributed by atoms with Gasteiger partial charge in [-0.05, 0) is 13.0 Å².